The number of halogens is 2. The molecule has 124 valence electrons. The number of carbonyl (C=O) groups is 1. The van der Waals surface area contributed by atoms with Gasteiger partial charge in [-0.3, -0.25) is 4.79 Å². The molecule has 0 bridgehead atoms. The van der Waals surface area contributed by atoms with Crippen LogP contribution < -0.4 is 0 Å². The van der Waals surface area contributed by atoms with Crippen LogP contribution >= 0.6 is 23.2 Å². The molecule has 0 unspecified atom stereocenters. The Morgan fingerprint density at radius 2 is 1.10 bits per heavy atom. The van der Waals surface area contributed by atoms with E-state index in [1.165, 1.54) is 76.7 Å². The molecule has 0 rings (SSSR count). The SMILES string of the molecule is CCCCCCCCCCCCCCCC(=O)C=C(Cl)Cl. The molecule has 3 heteroatoms. The van der Waals surface area contributed by atoms with Crippen molar-refractivity contribution in [2.24, 2.45) is 0 Å². The Morgan fingerprint density at radius 1 is 0.714 bits per heavy atom. The van der Waals surface area contributed by atoms with E-state index in [1.54, 1.807) is 0 Å². The van der Waals surface area contributed by atoms with Gasteiger partial charge in [-0.1, -0.05) is 107 Å². The largest absolute Gasteiger partial charge is 0.295 e. The van der Waals surface area contributed by atoms with Crippen LogP contribution in [0.5, 0.6) is 0 Å². The van der Waals surface area contributed by atoms with E-state index in [1.807, 2.05) is 0 Å². The molecule has 0 amide bonds. The fraction of sp³-hybridized carbons (Fsp3) is 0.833. The van der Waals surface area contributed by atoms with E-state index in [4.69, 9.17) is 23.2 Å². The second kappa shape index (κ2) is 16.4. The van der Waals surface area contributed by atoms with E-state index in [-0.39, 0.29) is 10.3 Å². The standard InChI is InChI=1S/C18H32Cl2O/c1-2-3-4-5-6-7-8-9-10-11-12-13-14-15-17(21)16-18(19)20/h16H,2-15H2,1H3. The summed E-state index contributed by atoms with van der Waals surface area (Å²) < 4.78 is 0.0645. The van der Waals surface area contributed by atoms with Crippen molar-refractivity contribution in [3.8, 4) is 0 Å². The van der Waals surface area contributed by atoms with Crippen molar-refractivity contribution >= 4 is 29.0 Å². The molecule has 0 aliphatic heterocycles. The third-order valence-corrected chi connectivity index (χ3v) is 4.02. The highest BCUT2D eigenvalue weighted by Gasteiger charge is 1.99. The molecule has 0 N–H and O–H groups in total. The Hall–Kier alpha value is -0.0100. The van der Waals surface area contributed by atoms with Gasteiger partial charge in [0.25, 0.3) is 0 Å². The van der Waals surface area contributed by atoms with Gasteiger partial charge in [0.05, 0.1) is 0 Å². The molecule has 21 heavy (non-hydrogen) atoms. The van der Waals surface area contributed by atoms with Crippen LogP contribution in [0.1, 0.15) is 96.8 Å². The number of allylic oxidation sites excluding steroid dienone is 1. The maximum absolute atomic E-state index is 11.3. The third kappa shape index (κ3) is 17.9. The minimum atomic E-state index is 0.0399. The second-order valence-corrected chi connectivity index (χ2v) is 6.90. The molecule has 0 aromatic rings. The molecular formula is C18H32Cl2O. The molecule has 0 aromatic heterocycles. The predicted octanol–water partition coefficient (Wildman–Crippen LogP) is 7.36. The zero-order valence-electron chi connectivity index (χ0n) is 13.6. The number of unbranched alkanes of at least 4 members (excludes halogenated alkanes) is 12. The molecule has 0 radical (unpaired) electrons. The molecule has 0 saturated heterocycles. The molecule has 0 atom stereocenters. The predicted molar refractivity (Wildman–Crippen MR) is 95.1 cm³/mol. The molecule has 0 aromatic carbocycles. The summed E-state index contributed by atoms with van der Waals surface area (Å²) in [5.41, 5.74) is 0. The number of hydrogen-bond acceptors (Lipinski definition) is 1. The first-order chi connectivity index (χ1) is 10.2. The lowest BCUT2D eigenvalue weighted by Gasteiger charge is -2.02. The summed E-state index contributed by atoms with van der Waals surface area (Å²) in [6.07, 6.45) is 19.0. The first-order valence-electron chi connectivity index (χ1n) is 8.72. The summed E-state index contributed by atoms with van der Waals surface area (Å²) in [4.78, 5) is 11.3. The van der Waals surface area contributed by atoms with Crippen molar-refractivity contribution in [2.75, 3.05) is 0 Å². The van der Waals surface area contributed by atoms with Crippen LogP contribution in [-0.4, -0.2) is 5.78 Å². The number of carbonyl (C=O) groups excluding carboxylic acids is 1. The maximum Gasteiger partial charge on any atom is 0.158 e. The summed E-state index contributed by atoms with van der Waals surface area (Å²) in [6.45, 7) is 2.26. The van der Waals surface area contributed by atoms with Crippen molar-refractivity contribution in [1.82, 2.24) is 0 Å². The van der Waals surface area contributed by atoms with Gasteiger partial charge in [0, 0.05) is 12.5 Å². The molecule has 0 spiro atoms. The van der Waals surface area contributed by atoms with Gasteiger partial charge in [-0.15, -0.1) is 0 Å². The molecule has 0 heterocycles. The minimum Gasteiger partial charge on any atom is -0.295 e. The average molecular weight is 335 g/mol. The molecular weight excluding hydrogens is 303 g/mol. The van der Waals surface area contributed by atoms with Crippen LogP contribution in [0.2, 0.25) is 0 Å². The average Bonchev–Trinajstić information content (AvgIpc) is 2.43. The Balaban J connectivity index is 3.12. The summed E-state index contributed by atoms with van der Waals surface area (Å²) in [5.74, 6) is 0.0399. The van der Waals surface area contributed by atoms with Gasteiger partial charge in [0.2, 0.25) is 0 Å². The number of hydrogen-bond donors (Lipinski definition) is 0. The van der Waals surface area contributed by atoms with Gasteiger partial charge < -0.3 is 0 Å². The van der Waals surface area contributed by atoms with E-state index in [9.17, 15) is 4.79 Å². The summed E-state index contributed by atoms with van der Waals surface area (Å²) >= 11 is 10.9. The fourth-order valence-electron chi connectivity index (χ4n) is 2.51. The van der Waals surface area contributed by atoms with Crippen LogP contribution in [0.3, 0.4) is 0 Å². The Bertz CT molecular complexity index is 270. The van der Waals surface area contributed by atoms with E-state index in [0.717, 1.165) is 12.8 Å². The van der Waals surface area contributed by atoms with Crippen molar-refractivity contribution in [3.05, 3.63) is 10.6 Å². The van der Waals surface area contributed by atoms with Crippen LogP contribution in [-0.2, 0) is 4.79 Å². The Kier molecular flexibility index (Phi) is 16.4. The van der Waals surface area contributed by atoms with Gasteiger partial charge in [-0.2, -0.15) is 0 Å². The molecule has 0 saturated carbocycles. The molecule has 1 nitrogen and oxygen atoms in total. The van der Waals surface area contributed by atoms with Crippen LogP contribution in [0.25, 0.3) is 0 Å². The molecule has 0 aliphatic carbocycles. The smallest absolute Gasteiger partial charge is 0.158 e. The van der Waals surface area contributed by atoms with Gasteiger partial charge in [-0.25, -0.2) is 0 Å². The van der Waals surface area contributed by atoms with Crippen molar-refractivity contribution in [1.29, 1.82) is 0 Å². The van der Waals surface area contributed by atoms with E-state index < -0.39 is 0 Å². The lowest BCUT2D eigenvalue weighted by Crippen LogP contribution is -1.92. The zero-order chi connectivity index (χ0) is 15.8. The first-order valence-corrected chi connectivity index (χ1v) is 9.48. The van der Waals surface area contributed by atoms with Gasteiger partial charge in [0.15, 0.2) is 5.78 Å². The molecule has 0 fully saturated rings. The van der Waals surface area contributed by atoms with E-state index >= 15 is 0 Å². The van der Waals surface area contributed by atoms with Crippen LogP contribution in [0.4, 0.5) is 0 Å². The second-order valence-electron chi connectivity index (χ2n) is 5.89. The van der Waals surface area contributed by atoms with E-state index in [0.29, 0.717) is 6.42 Å². The highest BCUT2D eigenvalue weighted by atomic mass is 35.5. The third-order valence-electron chi connectivity index (χ3n) is 3.80. The Morgan fingerprint density at radius 3 is 1.48 bits per heavy atom. The highest BCUT2D eigenvalue weighted by Crippen LogP contribution is 2.13. The zero-order valence-corrected chi connectivity index (χ0v) is 15.2. The topological polar surface area (TPSA) is 17.1 Å². The number of ketones is 1. The maximum atomic E-state index is 11.3. The van der Waals surface area contributed by atoms with Crippen LogP contribution in [0.15, 0.2) is 10.6 Å². The van der Waals surface area contributed by atoms with Crippen molar-refractivity contribution in [3.63, 3.8) is 0 Å². The van der Waals surface area contributed by atoms with Gasteiger partial charge in [0.1, 0.15) is 4.49 Å². The van der Waals surface area contributed by atoms with Crippen molar-refractivity contribution < 1.29 is 4.79 Å². The molecule has 0 aliphatic rings. The lowest BCUT2D eigenvalue weighted by atomic mass is 10.0. The van der Waals surface area contributed by atoms with Crippen molar-refractivity contribution in [2.45, 2.75) is 96.8 Å². The fourth-order valence-corrected chi connectivity index (χ4v) is 2.75. The van der Waals surface area contributed by atoms with Gasteiger partial charge >= 0.3 is 0 Å². The quantitative estimate of drug-likeness (QED) is 0.226. The van der Waals surface area contributed by atoms with Gasteiger partial charge in [-0.05, 0) is 6.42 Å². The first kappa shape index (κ1) is 21.0. The summed E-state index contributed by atoms with van der Waals surface area (Å²) in [5, 5.41) is 0. The van der Waals surface area contributed by atoms with Crippen LogP contribution in [0, 0.1) is 0 Å². The Labute approximate surface area is 141 Å². The van der Waals surface area contributed by atoms with E-state index in [2.05, 4.69) is 6.92 Å². The summed E-state index contributed by atoms with van der Waals surface area (Å²) in [7, 11) is 0. The minimum absolute atomic E-state index is 0.0399. The highest BCUT2D eigenvalue weighted by molar-refractivity contribution is 6.56. The lowest BCUT2D eigenvalue weighted by molar-refractivity contribution is -0.114. The number of rotatable bonds is 15. The summed E-state index contributed by atoms with van der Waals surface area (Å²) in [6, 6.07) is 0. The normalized spacial score (nSPS) is 10.6. The monoisotopic (exact) mass is 334 g/mol.